The summed E-state index contributed by atoms with van der Waals surface area (Å²) in [6, 6.07) is 5.30. The van der Waals surface area contributed by atoms with Crippen molar-refractivity contribution in [1.82, 2.24) is 4.57 Å². The van der Waals surface area contributed by atoms with Crippen LogP contribution in [0.15, 0.2) is 40.4 Å². The van der Waals surface area contributed by atoms with E-state index in [1.807, 2.05) is 13.0 Å². The van der Waals surface area contributed by atoms with Crippen molar-refractivity contribution in [3.8, 4) is 5.75 Å². The van der Waals surface area contributed by atoms with Crippen molar-refractivity contribution in [3.63, 3.8) is 0 Å². The second-order valence-corrected chi connectivity index (χ2v) is 7.12. The van der Waals surface area contributed by atoms with E-state index in [4.69, 9.17) is 27.0 Å². The number of hydrogen-bond donors (Lipinski definition) is 0. The van der Waals surface area contributed by atoms with Gasteiger partial charge in [0.1, 0.15) is 10.6 Å². The fourth-order valence-electron chi connectivity index (χ4n) is 2.07. The van der Waals surface area contributed by atoms with Crippen LogP contribution in [0.5, 0.6) is 5.75 Å². The molecule has 0 fully saturated rings. The molecule has 0 radical (unpaired) electrons. The minimum Gasteiger partial charge on any atom is -0.496 e. The maximum Gasteiger partial charge on any atom is 0.263 e. The minimum absolute atomic E-state index is 0.0361. The van der Waals surface area contributed by atoms with E-state index in [0.29, 0.717) is 17.7 Å². The Morgan fingerprint density at radius 2 is 2.15 bits per heavy atom. The molecule has 0 amide bonds. The van der Waals surface area contributed by atoms with E-state index in [-0.39, 0.29) is 4.90 Å². The molecule has 0 aliphatic carbocycles. The first-order valence-corrected chi connectivity index (χ1v) is 8.49. The standard InChI is InChI=1S/C13H13Cl2NO3S/c1-9(6-14)7-16-8-12(20(15,17)18)13-10(16)4-3-5-11(13)19-2/h3-6,8H,7H2,1-2H3/b9-6+. The number of methoxy groups -OCH3 is 1. The molecule has 1 heterocycles. The molecule has 2 rings (SSSR count). The van der Waals surface area contributed by atoms with Gasteiger partial charge in [-0.05, 0) is 24.6 Å². The summed E-state index contributed by atoms with van der Waals surface area (Å²) in [6.45, 7) is 2.33. The fraction of sp³-hybridized carbons (Fsp3) is 0.231. The topological polar surface area (TPSA) is 48.3 Å². The molecule has 0 saturated carbocycles. The maximum absolute atomic E-state index is 11.7. The SMILES string of the molecule is COc1cccc2c1c(S(=O)(=O)Cl)cn2C/C(C)=C/Cl. The first-order chi connectivity index (χ1) is 9.38. The second-order valence-electron chi connectivity index (χ2n) is 4.37. The Kier molecular flexibility index (Phi) is 4.32. The van der Waals surface area contributed by atoms with Crippen LogP contribution >= 0.6 is 22.3 Å². The molecular weight excluding hydrogens is 321 g/mol. The second kappa shape index (κ2) is 5.68. The van der Waals surface area contributed by atoms with Crippen molar-refractivity contribution < 1.29 is 13.2 Å². The van der Waals surface area contributed by atoms with E-state index in [1.54, 1.807) is 16.7 Å². The quantitative estimate of drug-likeness (QED) is 0.801. The summed E-state index contributed by atoms with van der Waals surface area (Å²) in [5, 5.41) is 0.479. The van der Waals surface area contributed by atoms with E-state index >= 15 is 0 Å². The van der Waals surface area contributed by atoms with Gasteiger partial charge >= 0.3 is 0 Å². The molecule has 0 bridgehead atoms. The summed E-state index contributed by atoms with van der Waals surface area (Å²) < 4.78 is 30.5. The van der Waals surface area contributed by atoms with Gasteiger partial charge in [0.25, 0.3) is 9.05 Å². The summed E-state index contributed by atoms with van der Waals surface area (Å²) in [5.74, 6) is 0.466. The molecule has 108 valence electrons. The van der Waals surface area contributed by atoms with Gasteiger partial charge in [-0.25, -0.2) is 8.42 Å². The van der Waals surface area contributed by atoms with Gasteiger partial charge in [0.05, 0.1) is 18.0 Å². The highest BCUT2D eigenvalue weighted by Gasteiger charge is 2.21. The minimum atomic E-state index is -3.86. The first kappa shape index (κ1) is 15.2. The number of rotatable bonds is 4. The summed E-state index contributed by atoms with van der Waals surface area (Å²) >= 11 is 5.66. The van der Waals surface area contributed by atoms with Crippen molar-refractivity contribution >= 4 is 42.2 Å². The van der Waals surface area contributed by atoms with E-state index in [0.717, 1.165) is 11.1 Å². The van der Waals surface area contributed by atoms with Crippen molar-refractivity contribution in [2.75, 3.05) is 7.11 Å². The molecule has 7 heteroatoms. The van der Waals surface area contributed by atoms with Crippen LogP contribution in [0.2, 0.25) is 0 Å². The normalized spacial score (nSPS) is 12.9. The summed E-state index contributed by atoms with van der Waals surface area (Å²) in [7, 11) is 3.13. The number of nitrogens with zero attached hydrogens (tertiary/aromatic N) is 1. The van der Waals surface area contributed by atoms with Crippen molar-refractivity contribution in [2.24, 2.45) is 0 Å². The number of halogens is 2. The Balaban J connectivity index is 2.80. The van der Waals surface area contributed by atoms with Gasteiger partial charge in [-0.1, -0.05) is 17.7 Å². The van der Waals surface area contributed by atoms with Gasteiger partial charge in [0, 0.05) is 29.0 Å². The van der Waals surface area contributed by atoms with Crippen LogP contribution in [0.4, 0.5) is 0 Å². The fourth-order valence-corrected chi connectivity index (χ4v) is 3.19. The smallest absolute Gasteiger partial charge is 0.263 e. The third kappa shape index (κ3) is 2.80. The average molecular weight is 334 g/mol. The van der Waals surface area contributed by atoms with Gasteiger partial charge in [0.2, 0.25) is 0 Å². The van der Waals surface area contributed by atoms with Gasteiger partial charge in [-0.3, -0.25) is 0 Å². The van der Waals surface area contributed by atoms with Gasteiger partial charge in [0.15, 0.2) is 0 Å². The van der Waals surface area contributed by atoms with Crippen molar-refractivity contribution in [2.45, 2.75) is 18.4 Å². The molecule has 0 aliphatic heterocycles. The summed E-state index contributed by atoms with van der Waals surface area (Å²) in [4.78, 5) is 0.0361. The van der Waals surface area contributed by atoms with Crippen molar-refractivity contribution in [3.05, 3.63) is 35.5 Å². The number of benzene rings is 1. The Morgan fingerprint density at radius 1 is 1.45 bits per heavy atom. The molecule has 2 aromatic rings. The summed E-state index contributed by atoms with van der Waals surface area (Å²) in [6.07, 6.45) is 1.50. The number of fused-ring (bicyclic) bond motifs is 1. The third-order valence-electron chi connectivity index (χ3n) is 2.92. The largest absolute Gasteiger partial charge is 0.496 e. The predicted octanol–water partition coefficient (Wildman–Crippen LogP) is 3.72. The molecule has 0 atom stereocenters. The van der Waals surface area contributed by atoms with E-state index in [2.05, 4.69) is 0 Å². The van der Waals surface area contributed by atoms with Crippen LogP contribution in [0.25, 0.3) is 10.9 Å². The van der Waals surface area contributed by atoms with Gasteiger partial charge < -0.3 is 9.30 Å². The van der Waals surface area contributed by atoms with E-state index in [1.165, 1.54) is 18.8 Å². The van der Waals surface area contributed by atoms with E-state index in [9.17, 15) is 8.42 Å². The zero-order chi connectivity index (χ0) is 14.9. The van der Waals surface area contributed by atoms with Crippen LogP contribution < -0.4 is 4.74 Å². The molecule has 0 saturated heterocycles. The molecular formula is C13H13Cl2NO3S. The summed E-state index contributed by atoms with van der Waals surface area (Å²) in [5.41, 5.74) is 3.08. The highest BCUT2D eigenvalue weighted by atomic mass is 35.7. The monoisotopic (exact) mass is 333 g/mol. The Hall–Kier alpha value is -1.17. The van der Waals surface area contributed by atoms with Crippen LogP contribution in [-0.4, -0.2) is 20.1 Å². The van der Waals surface area contributed by atoms with Crippen LogP contribution in [0, 0.1) is 0 Å². The number of aromatic nitrogens is 1. The number of allylic oxidation sites excluding steroid dienone is 1. The molecule has 1 aromatic carbocycles. The third-order valence-corrected chi connectivity index (χ3v) is 4.63. The lowest BCUT2D eigenvalue weighted by Gasteiger charge is -2.06. The van der Waals surface area contributed by atoms with Crippen LogP contribution in [0.1, 0.15) is 6.92 Å². The lowest BCUT2D eigenvalue weighted by atomic mass is 10.2. The molecule has 0 unspecified atom stereocenters. The Bertz CT molecular complexity index is 778. The molecule has 20 heavy (non-hydrogen) atoms. The van der Waals surface area contributed by atoms with Gasteiger partial charge in [-0.15, -0.1) is 0 Å². The molecule has 4 nitrogen and oxygen atoms in total. The number of hydrogen-bond acceptors (Lipinski definition) is 3. The highest BCUT2D eigenvalue weighted by Crippen LogP contribution is 2.35. The van der Waals surface area contributed by atoms with E-state index < -0.39 is 9.05 Å². The Morgan fingerprint density at radius 3 is 2.70 bits per heavy atom. The lowest BCUT2D eigenvalue weighted by molar-refractivity contribution is 0.419. The van der Waals surface area contributed by atoms with Gasteiger partial charge in [-0.2, -0.15) is 0 Å². The molecule has 0 aliphatic rings. The van der Waals surface area contributed by atoms with Crippen molar-refractivity contribution in [1.29, 1.82) is 0 Å². The number of ether oxygens (including phenoxy) is 1. The zero-order valence-corrected chi connectivity index (χ0v) is 13.3. The zero-order valence-electron chi connectivity index (χ0n) is 10.9. The predicted molar refractivity (Wildman–Crippen MR) is 81.1 cm³/mol. The van der Waals surface area contributed by atoms with Crippen LogP contribution in [0.3, 0.4) is 0 Å². The molecule has 0 N–H and O–H groups in total. The maximum atomic E-state index is 11.7. The van der Waals surface area contributed by atoms with Crippen LogP contribution in [-0.2, 0) is 15.6 Å². The molecule has 0 spiro atoms. The first-order valence-electron chi connectivity index (χ1n) is 5.75. The lowest BCUT2D eigenvalue weighted by Crippen LogP contribution is -1.97. The Labute approximate surface area is 127 Å². The molecule has 1 aromatic heterocycles. The average Bonchev–Trinajstić information content (AvgIpc) is 2.77. The highest BCUT2D eigenvalue weighted by molar-refractivity contribution is 8.14.